The molecule has 0 aliphatic carbocycles. The average molecular weight is 197 g/mol. The van der Waals surface area contributed by atoms with E-state index in [-0.39, 0.29) is 0 Å². The van der Waals surface area contributed by atoms with Gasteiger partial charge in [0.2, 0.25) is 0 Å². The fourth-order valence-electron chi connectivity index (χ4n) is 1.25. The highest BCUT2D eigenvalue weighted by Gasteiger charge is 2.02. The normalized spacial score (nSPS) is 10.9. The summed E-state index contributed by atoms with van der Waals surface area (Å²) in [6.45, 7) is 0.605. The monoisotopic (exact) mass is 196 g/mol. The summed E-state index contributed by atoms with van der Waals surface area (Å²) in [5.41, 5.74) is 7.32. The van der Waals surface area contributed by atoms with Gasteiger partial charge >= 0.3 is 0 Å². The van der Waals surface area contributed by atoms with E-state index >= 15 is 0 Å². The van der Waals surface area contributed by atoms with Gasteiger partial charge in [-0.3, -0.25) is 4.40 Å². The fourth-order valence-corrected chi connectivity index (χ4v) is 1.40. The third-order valence-corrected chi connectivity index (χ3v) is 2.04. The Morgan fingerprint density at radius 2 is 2.23 bits per heavy atom. The fraction of sp³-hybridized carbons (Fsp3) is 0.250. The molecule has 2 heterocycles. The summed E-state index contributed by atoms with van der Waals surface area (Å²) in [5.74, 6) is 0. The molecule has 0 aliphatic rings. The molecule has 0 atom stereocenters. The highest BCUT2D eigenvalue weighted by Crippen LogP contribution is 2.09. The lowest BCUT2D eigenvalue weighted by Gasteiger charge is -1.98. The molecule has 0 saturated carbocycles. The molecule has 5 heteroatoms. The van der Waals surface area contributed by atoms with Gasteiger partial charge in [0.1, 0.15) is 5.15 Å². The summed E-state index contributed by atoms with van der Waals surface area (Å²) in [5, 5.41) is 0.462. The molecule has 0 spiro atoms. The Morgan fingerprint density at radius 1 is 1.38 bits per heavy atom. The van der Waals surface area contributed by atoms with E-state index in [4.69, 9.17) is 17.3 Å². The maximum atomic E-state index is 5.76. The van der Waals surface area contributed by atoms with Crippen LogP contribution in [0, 0.1) is 0 Å². The van der Waals surface area contributed by atoms with Crippen molar-refractivity contribution in [1.82, 2.24) is 14.4 Å². The minimum Gasteiger partial charge on any atom is -0.330 e. The van der Waals surface area contributed by atoms with Crippen molar-refractivity contribution in [3.63, 3.8) is 0 Å². The van der Waals surface area contributed by atoms with Crippen LogP contribution in [0.25, 0.3) is 5.65 Å². The zero-order valence-electron chi connectivity index (χ0n) is 6.94. The molecule has 0 fully saturated rings. The summed E-state index contributed by atoms with van der Waals surface area (Å²) >= 11 is 5.76. The van der Waals surface area contributed by atoms with Gasteiger partial charge in [0.15, 0.2) is 5.65 Å². The van der Waals surface area contributed by atoms with Crippen molar-refractivity contribution in [3.05, 3.63) is 29.4 Å². The maximum absolute atomic E-state index is 5.76. The predicted octanol–water partition coefficient (Wildman–Crippen LogP) is 0.884. The minimum atomic E-state index is 0.462. The van der Waals surface area contributed by atoms with Crippen molar-refractivity contribution in [2.45, 2.75) is 6.42 Å². The van der Waals surface area contributed by atoms with Gasteiger partial charge in [-0.15, -0.1) is 0 Å². The standard InChI is InChI=1S/C8H9ClN4/c9-7-5-13-6(1-2-10)3-12-8(13)4-11-7/h3-5H,1-2,10H2. The van der Waals surface area contributed by atoms with Crippen LogP contribution < -0.4 is 5.73 Å². The van der Waals surface area contributed by atoms with E-state index in [1.54, 1.807) is 18.6 Å². The second-order valence-corrected chi connectivity index (χ2v) is 3.11. The van der Waals surface area contributed by atoms with Crippen LogP contribution in [0.5, 0.6) is 0 Å². The first-order valence-electron chi connectivity index (χ1n) is 3.99. The van der Waals surface area contributed by atoms with Crippen molar-refractivity contribution in [3.8, 4) is 0 Å². The van der Waals surface area contributed by atoms with E-state index in [0.717, 1.165) is 17.8 Å². The number of hydrogen-bond acceptors (Lipinski definition) is 3. The smallest absolute Gasteiger partial charge is 0.155 e. The first-order valence-corrected chi connectivity index (χ1v) is 4.36. The van der Waals surface area contributed by atoms with Crippen molar-refractivity contribution in [2.75, 3.05) is 6.54 Å². The Kier molecular flexibility index (Phi) is 2.16. The van der Waals surface area contributed by atoms with Crippen molar-refractivity contribution >= 4 is 17.2 Å². The van der Waals surface area contributed by atoms with Gasteiger partial charge in [0, 0.05) is 24.5 Å². The van der Waals surface area contributed by atoms with Crippen LogP contribution in [-0.4, -0.2) is 20.9 Å². The molecule has 68 valence electrons. The number of aromatic nitrogens is 3. The largest absolute Gasteiger partial charge is 0.330 e. The Balaban J connectivity index is 2.58. The summed E-state index contributed by atoms with van der Waals surface area (Å²) < 4.78 is 1.90. The molecule has 2 aromatic heterocycles. The van der Waals surface area contributed by atoms with Gasteiger partial charge in [0.25, 0.3) is 0 Å². The number of hydrogen-bond donors (Lipinski definition) is 1. The first kappa shape index (κ1) is 8.47. The van der Waals surface area contributed by atoms with Crippen LogP contribution in [0.2, 0.25) is 5.15 Å². The Bertz CT molecular complexity index is 423. The SMILES string of the molecule is NCCc1cnc2cnc(Cl)cn12. The second-order valence-electron chi connectivity index (χ2n) is 2.73. The average Bonchev–Trinajstić information content (AvgIpc) is 2.49. The van der Waals surface area contributed by atoms with Gasteiger partial charge < -0.3 is 5.73 Å². The van der Waals surface area contributed by atoms with Crippen LogP contribution >= 0.6 is 11.6 Å². The van der Waals surface area contributed by atoms with E-state index in [1.165, 1.54) is 0 Å². The van der Waals surface area contributed by atoms with Crippen molar-refractivity contribution < 1.29 is 0 Å². The third-order valence-electron chi connectivity index (χ3n) is 1.84. The summed E-state index contributed by atoms with van der Waals surface area (Å²) in [6.07, 6.45) is 5.97. The number of rotatable bonds is 2. The molecule has 2 aromatic rings. The molecule has 0 amide bonds. The summed E-state index contributed by atoms with van der Waals surface area (Å²) in [7, 11) is 0. The van der Waals surface area contributed by atoms with E-state index in [1.807, 2.05) is 4.40 Å². The van der Waals surface area contributed by atoms with Crippen molar-refractivity contribution in [1.29, 1.82) is 0 Å². The molecule has 4 nitrogen and oxygen atoms in total. The Labute approximate surface area is 80.4 Å². The van der Waals surface area contributed by atoms with Crippen LogP contribution in [0.4, 0.5) is 0 Å². The summed E-state index contributed by atoms with van der Waals surface area (Å²) in [4.78, 5) is 8.10. The van der Waals surface area contributed by atoms with E-state index in [0.29, 0.717) is 11.7 Å². The van der Waals surface area contributed by atoms with Crippen LogP contribution in [-0.2, 0) is 6.42 Å². The number of nitrogens with two attached hydrogens (primary N) is 1. The van der Waals surface area contributed by atoms with Gasteiger partial charge in [-0.05, 0) is 6.54 Å². The van der Waals surface area contributed by atoms with Crippen LogP contribution in [0.1, 0.15) is 5.69 Å². The molecular weight excluding hydrogens is 188 g/mol. The number of fused-ring (bicyclic) bond motifs is 1. The van der Waals surface area contributed by atoms with E-state index in [9.17, 15) is 0 Å². The quantitative estimate of drug-likeness (QED) is 0.776. The maximum Gasteiger partial charge on any atom is 0.155 e. The molecule has 0 saturated heterocycles. The second kappa shape index (κ2) is 3.32. The molecule has 0 unspecified atom stereocenters. The number of nitrogens with zero attached hydrogens (tertiary/aromatic N) is 3. The molecule has 0 aliphatic heterocycles. The summed E-state index contributed by atoms with van der Waals surface area (Å²) in [6, 6.07) is 0. The predicted molar refractivity (Wildman–Crippen MR) is 50.8 cm³/mol. The van der Waals surface area contributed by atoms with Crippen molar-refractivity contribution in [2.24, 2.45) is 5.73 Å². The van der Waals surface area contributed by atoms with Gasteiger partial charge in [-0.1, -0.05) is 11.6 Å². The Hall–Kier alpha value is -1.13. The van der Waals surface area contributed by atoms with Gasteiger partial charge in [-0.25, -0.2) is 9.97 Å². The zero-order valence-corrected chi connectivity index (χ0v) is 7.70. The minimum absolute atomic E-state index is 0.462. The third kappa shape index (κ3) is 1.50. The van der Waals surface area contributed by atoms with Gasteiger partial charge in [0.05, 0.1) is 6.20 Å². The van der Waals surface area contributed by atoms with Crippen LogP contribution in [0.15, 0.2) is 18.6 Å². The highest BCUT2D eigenvalue weighted by molar-refractivity contribution is 6.29. The molecule has 0 bridgehead atoms. The lowest BCUT2D eigenvalue weighted by atomic mass is 10.3. The molecule has 0 radical (unpaired) electrons. The molecular formula is C8H9ClN4. The first-order chi connectivity index (χ1) is 6.31. The Morgan fingerprint density at radius 3 is 3.00 bits per heavy atom. The van der Waals surface area contributed by atoms with Crippen LogP contribution in [0.3, 0.4) is 0 Å². The topological polar surface area (TPSA) is 56.2 Å². The zero-order chi connectivity index (χ0) is 9.26. The number of halogens is 1. The van der Waals surface area contributed by atoms with Gasteiger partial charge in [-0.2, -0.15) is 0 Å². The molecule has 2 rings (SSSR count). The highest BCUT2D eigenvalue weighted by atomic mass is 35.5. The number of imidazole rings is 1. The van der Waals surface area contributed by atoms with E-state index in [2.05, 4.69) is 9.97 Å². The lowest BCUT2D eigenvalue weighted by molar-refractivity contribution is 0.901. The van der Waals surface area contributed by atoms with E-state index < -0.39 is 0 Å². The molecule has 2 N–H and O–H groups in total. The lowest BCUT2D eigenvalue weighted by Crippen LogP contribution is -2.05. The molecule has 0 aromatic carbocycles. The molecule has 13 heavy (non-hydrogen) atoms.